The van der Waals surface area contributed by atoms with E-state index < -0.39 is 5.82 Å². The third kappa shape index (κ3) is 4.02. The smallest absolute Gasteiger partial charge is 0.224 e. The minimum Gasteiger partial charge on any atom is -0.354 e. The van der Waals surface area contributed by atoms with Crippen molar-refractivity contribution in [1.82, 2.24) is 9.97 Å². The van der Waals surface area contributed by atoms with Crippen molar-refractivity contribution < 1.29 is 4.39 Å². The van der Waals surface area contributed by atoms with E-state index >= 15 is 0 Å². The van der Waals surface area contributed by atoms with Gasteiger partial charge in [-0.1, -0.05) is 13.0 Å². The Morgan fingerprint density at radius 2 is 2.21 bits per heavy atom. The molecule has 0 bridgehead atoms. The Balaban J connectivity index is 2.19. The fourth-order valence-electron chi connectivity index (χ4n) is 1.48. The highest BCUT2D eigenvalue weighted by Gasteiger charge is 2.07. The standard InChI is InChI=1S/C13H14FIN4/c1-2-6-16-13-17-8-11(14)12(19-13)18-10-5-3-4-9(15)7-10/h3-5,7-8H,2,6H2,1H3,(H2,16,17,18,19). The fraction of sp³-hybridized carbons (Fsp3) is 0.231. The molecule has 4 nitrogen and oxygen atoms in total. The number of benzene rings is 1. The van der Waals surface area contributed by atoms with Crippen molar-refractivity contribution in [3.63, 3.8) is 0 Å². The van der Waals surface area contributed by atoms with E-state index in [-0.39, 0.29) is 5.82 Å². The van der Waals surface area contributed by atoms with Gasteiger partial charge in [0.1, 0.15) is 0 Å². The predicted molar refractivity (Wildman–Crippen MR) is 83.2 cm³/mol. The van der Waals surface area contributed by atoms with Gasteiger partial charge in [-0.15, -0.1) is 0 Å². The second-order valence-corrected chi connectivity index (χ2v) is 5.20. The molecule has 1 heterocycles. The van der Waals surface area contributed by atoms with Crippen LogP contribution in [0.2, 0.25) is 0 Å². The highest BCUT2D eigenvalue weighted by atomic mass is 127. The predicted octanol–water partition coefficient (Wildman–Crippen LogP) is 3.79. The number of anilines is 3. The lowest BCUT2D eigenvalue weighted by atomic mass is 10.3. The van der Waals surface area contributed by atoms with Crippen LogP contribution in [-0.4, -0.2) is 16.5 Å². The minimum absolute atomic E-state index is 0.176. The molecule has 0 atom stereocenters. The molecule has 2 rings (SSSR count). The van der Waals surface area contributed by atoms with Gasteiger partial charge in [-0.3, -0.25) is 0 Å². The lowest BCUT2D eigenvalue weighted by Gasteiger charge is -2.09. The second kappa shape index (κ2) is 6.65. The third-order valence-corrected chi connectivity index (χ3v) is 3.04. The monoisotopic (exact) mass is 372 g/mol. The van der Waals surface area contributed by atoms with Crippen LogP contribution in [-0.2, 0) is 0 Å². The molecule has 100 valence electrons. The molecule has 0 unspecified atom stereocenters. The van der Waals surface area contributed by atoms with Gasteiger partial charge in [-0.2, -0.15) is 4.98 Å². The highest BCUT2D eigenvalue weighted by Crippen LogP contribution is 2.20. The van der Waals surface area contributed by atoms with Gasteiger partial charge in [0.05, 0.1) is 6.20 Å². The largest absolute Gasteiger partial charge is 0.354 e. The van der Waals surface area contributed by atoms with Crippen molar-refractivity contribution in [2.24, 2.45) is 0 Å². The van der Waals surface area contributed by atoms with E-state index in [0.717, 1.165) is 22.2 Å². The molecule has 0 aliphatic rings. The van der Waals surface area contributed by atoms with Crippen molar-refractivity contribution in [3.05, 3.63) is 39.8 Å². The van der Waals surface area contributed by atoms with Crippen LogP contribution in [0.4, 0.5) is 21.8 Å². The third-order valence-electron chi connectivity index (χ3n) is 2.36. The van der Waals surface area contributed by atoms with E-state index in [9.17, 15) is 4.39 Å². The van der Waals surface area contributed by atoms with E-state index in [1.165, 1.54) is 6.20 Å². The number of hydrogen-bond acceptors (Lipinski definition) is 4. The van der Waals surface area contributed by atoms with Crippen LogP contribution in [0.3, 0.4) is 0 Å². The number of hydrogen-bond donors (Lipinski definition) is 2. The van der Waals surface area contributed by atoms with E-state index in [2.05, 4.69) is 43.2 Å². The molecular formula is C13H14FIN4. The maximum Gasteiger partial charge on any atom is 0.224 e. The Morgan fingerprint density at radius 1 is 1.37 bits per heavy atom. The lowest BCUT2D eigenvalue weighted by Crippen LogP contribution is -2.07. The normalized spacial score (nSPS) is 10.3. The topological polar surface area (TPSA) is 49.8 Å². The first-order chi connectivity index (χ1) is 9.19. The molecule has 1 aromatic carbocycles. The van der Waals surface area contributed by atoms with Crippen molar-refractivity contribution in [2.45, 2.75) is 13.3 Å². The van der Waals surface area contributed by atoms with Gasteiger partial charge in [0.25, 0.3) is 0 Å². The zero-order chi connectivity index (χ0) is 13.7. The molecule has 0 spiro atoms. The fourth-order valence-corrected chi connectivity index (χ4v) is 2.02. The minimum atomic E-state index is -0.471. The molecule has 19 heavy (non-hydrogen) atoms. The van der Waals surface area contributed by atoms with Gasteiger partial charge in [0, 0.05) is 15.8 Å². The second-order valence-electron chi connectivity index (χ2n) is 3.95. The van der Waals surface area contributed by atoms with Crippen molar-refractivity contribution in [1.29, 1.82) is 0 Å². The van der Waals surface area contributed by atoms with E-state index in [1.807, 2.05) is 31.2 Å². The van der Waals surface area contributed by atoms with Crippen molar-refractivity contribution in [3.8, 4) is 0 Å². The van der Waals surface area contributed by atoms with Gasteiger partial charge in [0.2, 0.25) is 5.95 Å². The first kappa shape index (κ1) is 14.0. The Hall–Kier alpha value is -1.44. The number of rotatable bonds is 5. The Bertz CT molecular complexity index is 562. The summed E-state index contributed by atoms with van der Waals surface area (Å²) in [5.41, 5.74) is 0.797. The van der Waals surface area contributed by atoms with Crippen LogP contribution < -0.4 is 10.6 Å². The van der Waals surface area contributed by atoms with Gasteiger partial charge >= 0.3 is 0 Å². The lowest BCUT2D eigenvalue weighted by molar-refractivity contribution is 0.619. The summed E-state index contributed by atoms with van der Waals surface area (Å²) in [4.78, 5) is 8.02. The summed E-state index contributed by atoms with van der Waals surface area (Å²) in [6, 6.07) is 7.65. The molecule has 0 aliphatic carbocycles. The molecule has 0 aliphatic heterocycles. The zero-order valence-corrected chi connectivity index (χ0v) is 12.6. The molecule has 0 fully saturated rings. The molecular weight excluding hydrogens is 358 g/mol. The molecule has 0 radical (unpaired) electrons. The van der Waals surface area contributed by atoms with E-state index in [0.29, 0.717) is 5.95 Å². The molecule has 2 aromatic rings. The Kier molecular flexibility index (Phi) is 4.89. The molecule has 0 saturated carbocycles. The Labute approximate surface area is 125 Å². The molecule has 1 aromatic heterocycles. The van der Waals surface area contributed by atoms with Crippen LogP contribution in [0, 0.1) is 9.39 Å². The summed E-state index contributed by atoms with van der Waals surface area (Å²) >= 11 is 2.20. The average molecular weight is 372 g/mol. The summed E-state index contributed by atoms with van der Waals surface area (Å²) in [5.74, 6) is 0.132. The quantitative estimate of drug-likeness (QED) is 0.785. The average Bonchev–Trinajstić information content (AvgIpc) is 2.40. The summed E-state index contributed by atoms with van der Waals surface area (Å²) in [5, 5.41) is 5.99. The van der Waals surface area contributed by atoms with Crippen molar-refractivity contribution in [2.75, 3.05) is 17.2 Å². The number of halogens is 2. The SMILES string of the molecule is CCCNc1ncc(F)c(Nc2cccc(I)c2)n1. The zero-order valence-electron chi connectivity index (χ0n) is 10.5. The summed E-state index contributed by atoms with van der Waals surface area (Å²) in [6.45, 7) is 2.80. The van der Waals surface area contributed by atoms with Crippen LogP contribution in [0.5, 0.6) is 0 Å². The van der Waals surface area contributed by atoms with Gasteiger partial charge in [-0.05, 0) is 47.2 Å². The molecule has 0 amide bonds. The number of nitrogens with one attached hydrogen (secondary N) is 2. The van der Waals surface area contributed by atoms with Gasteiger partial charge < -0.3 is 10.6 Å². The van der Waals surface area contributed by atoms with Crippen molar-refractivity contribution >= 4 is 40.0 Å². The number of aromatic nitrogens is 2. The molecule has 2 N–H and O–H groups in total. The maximum absolute atomic E-state index is 13.7. The maximum atomic E-state index is 13.7. The molecule has 6 heteroatoms. The molecule has 0 saturated heterocycles. The highest BCUT2D eigenvalue weighted by molar-refractivity contribution is 14.1. The number of nitrogens with zero attached hydrogens (tertiary/aromatic N) is 2. The van der Waals surface area contributed by atoms with E-state index in [1.54, 1.807) is 0 Å². The first-order valence-electron chi connectivity index (χ1n) is 5.98. The van der Waals surface area contributed by atoms with Gasteiger partial charge in [-0.25, -0.2) is 9.37 Å². The van der Waals surface area contributed by atoms with E-state index in [4.69, 9.17) is 0 Å². The first-order valence-corrected chi connectivity index (χ1v) is 7.06. The van der Waals surface area contributed by atoms with Crippen LogP contribution in [0.1, 0.15) is 13.3 Å². The van der Waals surface area contributed by atoms with Crippen LogP contribution in [0.15, 0.2) is 30.5 Å². The Morgan fingerprint density at radius 3 is 2.95 bits per heavy atom. The van der Waals surface area contributed by atoms with Crippen LogP contribution >= 0.6 is 22.6 Å². The summed E-state index contributed by atoms with van der Waals surface area (Å²) < 4.78 is 14.7. The van der Waals surface area contributed by atoms with Gasteiger partial charge in [0.15, 0.2) is 11.6 Å². The van der Waals surface area contributed by atoms with Crippen LogP contribution in [0.25, 0.3) is 0 Å². The summed E-state index contributed by atoms with van der Waals surface area (Å²) in [7, 11) is 0. The summed E-state index contributed by atoms with van der Waals surface area (Å²) in [6.07, 6.45) is 2.13.